The summed E-state index contributed by atoms with van der Waals surface area (Å²) in [6.45, 7) is 3.57. The zero-order chi connectivity index (χ0) is 20.9. The molecule has 1 atom stereocenters. The van der Waals surface area contributed by atoms with Crippen LogP contribution in [0.1, 0.15) is 19.4 Å². The van der Waals surface area contributed by atoms with Crippen LogP contribution in [0.25, 0.3) is 0 Å². The molecular formula is C20H26N2O5S. The van der Waals surface area contributed by atoms with Gasteiger partial charge >= 0.3 is 0 Å². The second-order valence-electron chi connectivity index (χ2n) is 6.31. The molecule has 28 heavy (non-hydrogen) atoms. The van der Waals surface area contributed by atoms with Crippen LogP contribution < -0.4 is 19.1 Å². The molecule has 0 bridgehead atoms. The first kappa shape index (κ1) is 21.6. The first-order chi connectivity index (χ1) is 13.2. The van der Waals surface area contributed by atoms with E-state index in [0.717, 1.165) is 22.5 Å². The summed E-state index contributed by atoms with van der Waals surface area (Å²) in [6.07, 6.45) is 1.94. The number of carbonyl (C=O) groups excluding carboxylic acids is 1. The van der Waals surface area contributed by atoms with Gasteiger partial charge in [-0.2, -0.15) is 0 Å². The van der Waals surface area contributed by atoms with Crippen LogP contribution in [0.4, 0.5) is 11.4 Å². The molecule has 1 amide bonds. The van der Waals surface area contributed by atoms with E-state index in [1.807, 2.05) is 19.1 Å². The minimum atomic E-state index is -3.79. The molecule has 2 aromatic carbocycles. The fourth-order valence-corrected chi connectivity index (χ4v) is 3.99. The number of ether oxygens (including phenoxy) is 2. The first-order valence-corrected chi connectivity index (χ1v) is 10.7. The number of rotatable bonds is 8. The van der Waals surface area contributed by atoms with Crippen LogP contribution in [0.15, 0.2) is 42.5 Å². The molecule has 0 spiro atoms. The predicted molar refractivity (Wildman–Crippen MR) is 111 cm³/mol. The van der Waals surface area contributed by atoms with E-state index < -0.39 is 22.0 Å². The van der Waals surface area contributed by atoms with Crippen LogP contribution >= 0.6 is 0 Å². The summed E-state index contributed by atoms with van der Waals surface area (Å²) in [6, 6.07) is 11.2. The fraction of sp³-hybridized carbons (Fsp3) is 0.350. The Kier molecular flexibility index (Phi) is 6.90. The van der Waals surface area contributed by atoms with Crippen molar-refractivity contribution in [3.63, 3.8) is 0 Å². The van der Waals surface area contributed by atoms with Crippen molar-refractivity contribution in [2.45, 2.75) is 26.3 Å². The molecule has 1 N–H and O–H groups in total. The van der Waals surface area contributed by atoms with Crippen molar-refractivity contribution in [3.8, 4) is 11.5 Å². The normalized spacial score (nSPS) is 12.2. The molecule has 0 fully saturated rings. The Hall–Kier alpha value is -2.74. The molecule has 0 saturated heterocycles. The molecule has 2 aromatic rings. The van der Waals surface area contributed by atoms with Crippen LogP contribution in [-0.2, 0) is 21.2 Å². The molecule has 7 nitrogen and oxygen atoms in total. The molecule has 0 radical (unpaired) electrons. The molecule has 0 aliphatic carbocycles. The number of anilines is 2. The Morgan fingerprint density at radius 2 is 1.75 bits per heavy atom. The maximum atomic E-state index is 12.8. The van der Waals surface area contributed by atoms with Gasteiger partial charge in [0.25, 0.3) is 0 Å². The van der Waals surface area contributed by atoms with Gasteiger partial charge in [0, 0.05) is 11.8 Å². The maximum absolute atomic E-state index is 12.8. The minimum absolute atomic E-state index is 0.230. The lowest BCUT2D eigenvalue weighted by molar-refractivity contribution is -0.116. The zero-order valence-electron chi connectivity index (χ0n) is 16.7. The lowest BCUT2D eigenvalue weighted by Gasteiger charge is -2.29. The van der Waals surface area contributed by atoms with Crippen LogP contribution in [0.5, 0.6) is 11.5 Å². The Morgan fingerprint density at radius 1 is 1.11 bits per heavy atom. The van der Waals surface area contributed by atoms with Crippen molar-refractivity contribution >= 4 is 27.3 Å². The second-order valence-corrected chi connectivity index (χ2v) is 8.17. The van der Waals surface area contributed by atoms with Crippen molar-refractivity contribution < 1.29 is 22.7 Å². The van der Waals surface area contributed by atoms with Crippen LogP contribution in [0, 0.1) is 0 Å². The van der Waals surface area contributed by atoms with Gasteiger partial charge in [0.2, 0.25) is 15.9 Å². The number of methoxy groups -OCH3 is 2. The maximum Gasteiger partial charge on any atom is 0.247 e. The summed E-state index contributed by atoms with van der Waals surface area (Å²) in [7, 11) is -0.871. The summed E-state index contributed by atoms with van der Waals surface area (Å²) in [4.78, 5) is 12.8. The third-order valence-electron chi connectivity index (χ3n) is 4.34. The smallest absolute Gasteiger partial charge is 0.247 e. The Labute approximate surface area is 166 Å². The number of hydrogen-bond acceptors (Lipinski definition) is 5. The third kappa shape index (κ3) is 4.95. The summed E-state index contributed by atoms with van der Waals surface area (Å²) in [5.74, 6) is 0.310. The van der Waals surface area contributed by atoms with E-state index in [1.165, 1.54) is 27.2 Å². The summed E-state index contributed by atoms with van der Waals surface area (Å²) in [5.41, 5.74) is 1.97. The van der Waals surface area contributed by atoms with E-state index >= 15 is 0 Å². The standard InChI is InChI=1S/C20H26N2O5S/c1-6-15-7-9-16(10-8-15)21-20(23)14(2)22(28(5,24)25)18-13-17(26-3)11-12-19(18)27-4/h7-14H,6H2,1-5H3,(H,21,23)/t14-/m0/s1. The highest BCUT2D eigenvalue weighted by Gasteiger charge is 2.31. The Bertz CT molecular complexity index is 926. The van der Waals surface area contributed by atoms with Gasteiger partial charge in [0.1, 0.15) is 17.5 Å². The number of nitrogens with one attached hydrogen (secondary N) is 1. The van der Waals surface area contributed by atoms with Gasteiger partial charge in [-0.3, -0.25) is 9.10 Å². The van der Waals surface area contributed by atoms with E-state index in [-0.39, 0.29) is 5.69 Å². The first-order valence-electron chi connectivity index (χ1n) is 8.82. The van der Waals surface area contributed by atoms with Crippen LogP contribution in [-0.4, -0.2) is 40.8 Å². The van der Waals surface area contributed by atoms with Crippen molar-refractivity contribution in [1.82, 2.24) is 0 Å². The van der Waals surface area contributed by atoms with Crippen LogP contribution in [0.3, 0.4) is 0 Å². The molecule has 0 aliphatic rings. The quantitative estimate of drug-likeness (QED) is 0.728. The van der Waals surface area contributed by atoms with Gasteiger partial charge in [-0.15, -0.1) is 0 Å². The molecule has 0 heterocycles. The van der Waals surface area contributed by atoms with Crippen molar-refractivity contribution in [2.24, 2.45) is 0 Å². The van der Waals surface area contributed by atoms with Crippen molar-refractivity contribution in [3.05, 3.63) is 48.0 Å². The number of benzene rings is 2. The SMILES string of the molecule is CCc1ccc(NC(=O)[C@H](C)N(c2cc(OC)ccc2OC)S(C)(=O)=O)cc1. The van der Waals surface area contributed by atoms with E-state index in [1.54, 1.807) is 24.3 Å². The van der Waals surface area contributed by atoms with Gasteiger partial charge in [-0.05, 0) is 43.2 Å². The Morgan fingerprint density at radius 3 is 2.25 bits per heavy atom. The molecule has 0 aliphatic heterocycles. The molecule has 0 aromatic heterocycles. The van der Waals surface area contributed by atoms with Gasteiger partial charge < -0.3 is 14.8 Å². The summed E-state index contributed by atoms with van der Waals surface area (Å²) in [5, 5.41) is 2.76. The number of carbonyl (C=O) groups is 1. The zero-order valence-corrected chi connectivity index (χ0v) is 17.5. The van der Waals surface area contributed by atoms with Crippen molar-refractivity contribution in [2.75, 3.05) is 30.1 Å². The number of nitrogens with zero attached hydrogens (tertiary/aromatic N) is 1. The lowest BCUT2D eigenvalue weighted by atomic mass is 10.1. The summed E-state index contributed by atoms with van der Waals surface area (Å²) >= 11 is 0. The number of hydrogen-bond donors (Lipinski definition) is 1. The number of sulfonamides is 1. The minimum Gasteiger partial charge on any atom is -0.497 e. The molecule has 0 unspecified atom stereocenters. The van der Waals surface area contributed by atoms with Gasteiger partial charge in [0.05, 0.1) is 26.2 Å². The Balaban J connectivity index is 2.38. The largest absolute Gasteiger partial charge is 0.497 e. The molecular weight excluding hydrogens is 380 g/mol. The van der Waals surface area contributed by atoms with Gasteiger partial charge in [-0.1, -0.05) is 19.1 Å². The number of amides is 1. The predicted octanol–water partition coefficient (Wildman–Crippen LogP) is 3.06. The highest BCUT2D eigenvalue weighted by molar-refractivity contribution is 7.92. The lowest BCUT2D eigenvalue weighted by Crippen LogP contribution is -2.45. The monoisotopic (exact) mass is 406 g/mol. The van der Waals surface area contributed by atoms with Gasteiger partial charge in [-0.25, -0.2) is 8.42 Å². The van der Waals surface area contributed by atoms with E-state index in [2.05, 4.69) is 5.32 Å². The molecule has 0 saturated carbocycles. The average Bonchev–Trinajstić information content (AvgIpc) is 2.67. The van der Waals surface area contributed by atoms with Crippen molar-refractivity contribution in [1.29, 1.82) is 0 Å². The van der Waals surface area contributed by atoms with Crippen LogP contribution in [0.2, 0.25) is 0 Å². The highest BCUT2D eigenvalue weighted by Crippen LogP contribution is 2.35. The average molecular weight is 407 g/mol. The van der Waals surface area contributed by atoms with E-state index in [0.29, 0.717) is 17.2 Å². The molecule has 2 rings (SSSR count). The third-order valence-corrected chi connectivity index (χ3v) is 5.57. The molecule has 152 valence electrons. The molecule has 8 heteroatoms. The fourth-order valence-electron chi connectivity index (χ4n) is 2.82. The highest BCUT2D eigenvalue weighted by atomic mass is 32.2. The van der Waals surface area contributed by atoms with E-state index in [4.69, 9.17) is 9.47 Å². The topological polar surface area (TPSA) is 84.9 Å². The number of aryl methyl sites for hydroxylation is 1. The second kappa shape index (κ2) is 8.97. The van der Waals surface area contributed by atoms with E-state index in [9.17, 15) is 13.2 Å². The van der Waals surface area contributed by atoms with Gasteiger partial charge in [0.15, 0.2) is 0 Å². The summed E-state index contributed by atoms with van der Waals surface area (Å²) < 4.78 is 36.6.